The Hall–Kier alpha value is -7.76. The minimum Gasteiger partial charge on any atom is -0.456 e. The summed E-state index contributed by atoms with van der Waals surface area (Å²) in [4.78, 5) is 13.0. The van der Waals surface area contributed by atoms with E-state index >= 15 is 0 Å². The number of benzene rings is 7. The van der Waals surface area contributed by atoms with Gasteiger partial charge in [-0.05, 0) is 48.4 Å². The average molecular weight is 757 g/mol. The van der Waals surface area contributed by atoms with Gasteiger partial charge in [-0.25, -0.2) is 9.97 Å². The second-order valence-corrected chi connectivity index (χ2v) is 15.3. The summed E-state index contributed by atoms with van der Waals surface area (Å²) < 4.78 is 8.95. The molecule has 2 aliphatic rings. The zero-order chi connectivity index (χ0) is 38.9. The van der Waals surface area contributed by atoms with E-state index in [0.717, 1.165) is 84.7 Å². The first kappa shape index (κ1) is 33.4. The lowest BCUT2D eigenvalue weighted by Crippen LogP contribution is -2.21. The van der Waals surface area contributed by atoms with Crippen molar-refractivity contribution in [2.45, 2.75) is 12.3 Å². The van der Waals surface area contributed by atoms with Gasteiger partial charge in [-0.15, -0.1) is 0 Å². The number of nitrogens with zero attached hydrogens (tertiary/aromatic N) is 4. The number of furan rings is 1. The minimum absolute atomic E-state index is 0.112. The van der Waals surface area contributed by atoms with Gasteiger partial charge >= 0.3 is 0 Å². The van der Waals surface area contributed by atoms with Crippen LogP contribution in [0.4, 0.5) is 11.5 Å². The van der Waals surface area contributed by atoms with Crippen molar-refractivity contribution in [3.05, 3.63) is 217 Å². The Kier molecular flexibility index (Phi) is 7.60. The molecular formula is C54H36N4O. The van der Waals surface area contributed by atoms with E-state index in [1.165, 1.54) is 21.9 Å². The van der Waals surface area contributed by atoms with Crippen LogP contribution in [-0.2, 0) is 0 Å². The van der Waals surface area contributed by atoms with E-state index in [1.54, 1.807) is 0 Å². The fourth-order valence-electron chi connectivity index (χ4n) is 9.15. The standard InChI is InChI=1S/C54H36N4O/c1-4-15-35(16-5-1)46-34-52(56-54(55-46)36-17-6-2-7-18-36)58-47-30-29-37(41-23-14-24-44-43-22-11-13-26-51(43)59-53(41)44)31-38(47)27-28-39-32-50-45(33-49(39)58)42-21-10-12-25-48(42)57(50)40-19-8-3-9-20-40/h1-28,30-34,37H,29H2. The third-order valence-corrected chi connectivity index (χ3v) is 11.9. The Morgan fingerprint density at radius 2 is 1.27 bits per heavy atom. The summed E-state index contributed by atoms with van der Waals surface area (Å²) in [5.74, 6) is 1.60. The maximum Gasteiger partial charge on any atom is 0.162 e. The lowest BCUT2D eigenvalue weighted by atomic mass is 9.87. The van der Waals surface area contributed by atoms with E-state index in [-0.39, 0.29) is 5.92 Å². The molecule has 278 valence electrons. The largest absolute Gasteiger partial charge is 0.456 e. The van der Waals surface area contributed by atoms with Gasteiger partial charge in [0.1, 0.15) is 17.0 Å². The van der Waals surface area contributed by atoms with Gasteiger partial charge in [0.15, 0.2) is 5.82 Å². The lowest BCUT2D eigenvalue weighted by Gasteiger charge is -2.31. The van der Waals surface area contributed by atoms with E-state index in [9.17, 15) is 0 Å². The molecule has 0 fully saturated rings. The zero-order valence-corrected chi connectivity index (χ0v) is 32.0. The van der Waals surface area contributed by atoms with Gasteiger partial charge in [0.2, 0.25) is 0 Å². The molecule has 0 radical (unpaired) electrons. The summed E-state index contributed by atoms with van der Waals surface area (Å²) in [5, 5.41) is 4.68. The molecule has 5 heteroatoms. The molecular weight excluding hydrogens is 721 g/mol. The molecule has 1 unspecified atom stereocenters. The van der Waals surface area contributed by atoms with Crippen LogP contribution in [0.5, 0.6) is 0 Å². The van der Waals surface area contributed by atoms with Gasteiger partial charge in [0.25, 0.3) is 0 Å². The molecule has 0 saturated heterocycles. The summed E-state index contributed by atoms with van der Waals surface area (Å²) in [7, 11) is 0. The zero-order valence-electron chi connectivity index (χ0n) is 32.0. The Labute approximate surface area is 341 Å². The van der Waals surface area contributed by atoms with Crippen LogP contribution >= 0.6 is 0 Å². The molecule has 1 aliphatic heterocycles. The van der Waals surface area contributed by atoms with E-state index in [0.29, 0.717) is 5.82 Å². The number of para-hydroxylation sites is 4. The molecule has 0 spiro atoms. The first-order valence-corrected chi connectivity index (χ1v) is 20.2. The molecule has 10 aromatic rings. The van der Waals surface area contributed by atoms with Gasteiger partial charge < -0.3 is 8.98 Å². The second-order valence-electron chi connectivity index (χ2n) is 15.3. The van der Waals surface area contributed by atoms with Crippen molar-refractivity contribution in [3.8, 4) is 28.3 Å². The van der Waals surface area contributed by atoms with Crippen molar-refractivity contribution in [2.75, 3.05) is 4.90 Å². The monoisotopic (exact) mass is 756 g/mol. The van der Waals surface area contributed by atoms with Crippen LogP contribution in [0.2, 0.25) is 0 Å². The van der Waals surface area contributed by atoms with Crippen molar-refractivity contribution < 1.29 is 4.42 Å². The second kappa shape index (κ2) is 13.4. The quantitative estimate of drug-likeness (QED) is 0.175. The summed E-state index contributed by atoms with van der Waals surface area (Å²) in [6.45, 7) is 0. The lowest BCUT2D eigenvalue weighted by molar-refractivity contribution is 0.656. The van der Waals surface area contributed by atoms with Crippen molar-refractivity contribution in [1.82, 2.24) is 14.5 Å². The van der Waals surface area contributed by atoms with Crippen molar-refractivity contribution in [1.29, 1.82) is 0 Å². The molecule has 1 atom stereocenters. The van der Waals surface area contributed by atoms with Crippen LogP contribution < -0.4 is 4.90 Å². The van der Waals surface area contributed by atoms with Crippen LogP contribution in [0, 0.1) is 0 Å². The molecule has 0 N–H and O–H groups in total. The average Bonchev–Trinajstić information content (AvgIpc) is 3.79. The molecule has 7 aromatic carbocycles. The van der Waals surface area contributed by atoms with E-state index in [4.69, 9.17) is 14.4 Å². The molecule has 0 amide bonds. The van der Waals surface area contributed by atoms with Gasteiger partial charge in [0, 0.05) is 61.5 Å². The van der Waals surface area contributed by atoms with Crippen LogP contribution in [0.25, 0.3) is 78.2 Å². The summed E-state index contributed by atoms with van der Waals surface area (Å²) >= 11 is 0. The molecule has 4 heterocycles. The number of aromatic nitrogens is 3. The van der Waals surface area contributed by atoms with Gasteiger partial charge in [-0.3, -0.25) is 4.90 Å². The molecule has 59 heavy (non-hydrogen) atoms. The third kappa shape index (κ3) is 5.47. The molecule has 3 aromatic heterocycles. The summed E-state index contributed by atoms with van der Waals surface area (Å²) in [6.07, 6.45) is 10.2. The normalized spacial score (nSPS) is 15.0. The third-order valence-electron chi connectivity index (χ3n) is 11.9. The van der Waals surface area contributed by atoms with Crippen LogP contribution in [0.15, 0.2) is 210 Å². The highest BCUT2D eigenvalue weighted by atomic mass is 16.3. The van der Waals surface area contributed by atoms with Gasteiger partial charge in [0.05, 0.1) is 28.1 Å². The van der Waals surface area contributed by atoms with Crippen molar-refractivity contribution in [2.24, 2.45) is 0 Å². The molecule has 0 bridgehead atoms. The Morgan fingerprint density at radius 1 is 0.559 bits per heavy atom. The molecule has 5 nitrogen and oxygen atoms in total. The Morgan fingerprint density at radius 3 is 2.10 bits per heavy atom. The van der Waals surface area contributed by atoms with E-state index < -0.39 is 0 Å². The number of fused-ring (bicyclic) bond motifs is 8. The minimum atomic E-state index is 0.112. The maximum atomic E-state index is 6.57. The highest BCUT2D eigenvalue weighted by molar-refractivity contribution is 6.12. The van der Waals surface area contributed by atoms with Crippen LogP contribution in [0.3, 0.4) is 0 Å². The number of rotatable bonds is 5. The first-order chi connectivity index (χ1) is 29.2. The van der Waals surface area contributed by atoms with E-state index in [2.05, 4.69) is 179 Å². The number of anilines is 2. The van der Waals surface area contributed by atoms with Crippen molar-refractivity contribution >= 4 is 61.3 Å². The smallest absolute Gasteiger partial charge is 0.162 e. The predicted molar refractivity (Wildman–Crippen MR) is 242 cm³/mol. The SMILES string of the molecule is C1=Cc2cc3c(cc2N(c2cc(-c4ccccc4)nc(-c4ccccc4)n2)C2=CCC(c4cccc5c4oc4ccccc45)C=C12)c1ccccc1n3-c1ccccc1. The Balaban J connectivity index is 1.11. The maximum absolute atomic E-state index is 6.57. The summed E-state index contributed by atoms with van der Waals surface area (Å²) in [6, 6.07) is 61.8. The predicted octanol–water partition coefficient (Wildman–Crippen LogP) is 14.0. The molecule has 0 saturated carbocycles. The highest BCUT2D eigenvalue weighted by Gasteiger charge is 2.30. The number of hydrogen-bond acceptors (Lipinski definition) is 4. The summed E-state index contributed by atoms with van der Waals surface area (Å²) in [5.41, 5.74) is 13.8. The van der Waals surface area contributed by atoms with Crippen molar-refractivity contribution in [3.63, 3.8) is 0 Å². The first-order valence-electron chi connectivity index (χ1n) is 20.2. The number of allylic oxidation sites excluding steroid dienone is 3. The molecule has 12 rings (SSSR count). The Bertz CT molecular complexity index is 3300. The van der Waals surface area contributed by atoms with E-state index in [1.807, 2.05) is 30.3 Å². The fraction of sp³-hybridized carbons (Fsp3) is 0.0370. The van der Waals surface area contributed by atoms with Gasteiger partial charge in [-0.1, -0.05) is 158 Å². The number of hydrogen-bond donors (Lipinski definition) is 0. The van der Waals surface area contributed by atoms with Crippen LogP contribution in [-0.4, -0.2) is 14.5 Å². The molecule has 1 aliphatic carbocycles. The fourth-order valence-corrected chi connectivity index (χ4v) is 9.15. The van der Waals surface area contributed by atoms with Gasteiger partial charge in [-0.2, -0.15) is 0 Å². The topological polar surface area (TPSA) is 47.1 Å². The van der Waals surface area contributed by atoms with Crippen LogP contribution in [0.1, 0.15) is 23.5 Å². The highest BCUT2D eigenvalue weighted by Crippen LogP contribution is 2.47.